The van der Waals surface area contributed by atoms with Gasteiger partial charge in [-0.3, -0.25) is 14.0 Å². The van der Waals surface area contributed by atoms with Crippen LogP contribution in [0, 0.1) is 0 Å². The summed E-state index contributed by atoms with van der Waals surface area (Å²) in [7, 11) is 0. The lowest BCUT2D eigenvalue weighted by Gasteiger charge is -2.22. The van der Waals surface area contributed by atoms with E-state index in [0.717, 1.165) is 30.7 Å². The molecule has 174 valence electrons. The number of allylic oxidation sites excluding steroid dienone is 1. The number of benzene rings is 1. The van der Waals surface area contributed by atoms with Gasteiger partial charge in [-0.2, -0.15) is 0 Å². The zero-order valence-electron chi connectivity index (χ0n) is 19.0. The van der Waals surface area contributed by atoms with Crippen molar-refractivity contribution in [1.29, 1.82) is 0 Å². The van der Waals surface area contributed by atoms with Gasteiger partial charge in [0.25, 0.3) is 5.91 Å². The van der Waals surface area contributed by atoms with Crippen molar-refractivity contribution >= 4 is 29.5 Å². The highest BCUT2D eigenvalue weighted by Gasteiger charge is 2.33. The fourth-order valence-electron chi connectivity index (χ4n) is 4.11. The van der Waals surface area contributed by atoms with Gasteiger partial charge in [-0.25, -0.2) is 15.0 Å². The Hall–Kier alpha value is -4.27. The summed E-state index contributed by atoms with van der Waals surface area (Å²) in [6.07, 6.45) is 12.2. The van der Waals surface area contributed by atoms with Crippen LogP contribution < -0.4 is 11.1 Å². The number of nitrogens with one attached hydrogen (secondary N) is 1. The first kappa shape index (κ1) is 22.9. The molecule has 4 rings (SSSR count). The van der Waals surface area contributed by atoms with E-state index >= 15 is 0 Å². The van der Waals surface area contributed by atoms with Gasteiger partial charge in [-0.1, -0.05) is 31.7 Å². The number of hydrogen-bond donors (Lipinski definition) is 2. The molecular formula is C25H27N7O2. The van der Waals surface area contributed by atoms with Gasteiger partial charge in [0, 0.05) is 36.3 Å². The van der Waals surface area contributed by atoms with E-state index in [9.17, 15) is 9.59 Å². The summed E-state index contributed by atoms with van der Waals surface area (Å²) in [6, 6.07) is 6.91. The fraction of sp³-hybridized carbons (Fsp3) is 0.240. The Labute approximate surface area is 197 Å². The first-order chi connectivity index (χ1) is 16.5. The second-order valence-electron chi connectivity index (χ2n) is 7.87. The molecule has 34 heavy (non-hydrogen) atoms. The third-order valence-corrected chi connectivity index (χ3v) is 5.74. The number of fused-ring (bicyclic) bond motifs is 1. The van der Waals surface area contributed by atoms with Gasteiger partial charge >= 0.3 is 0 Å². The molecule has 0 radical (unpaired) electrons. The van der Waals surface area contributed by atoms with E-state index in [2.05, 4.69) is 21.9 Å². The van der Waals surface area contributed by atoms with E-state index in [1.807, 2.05) is 29.5 Å². The van der Waals surface area contributed by atoms with E-state index in [-0.39, 0.29) is 17.9 Å². The van der Waals surface area contributed by atoms with Crippen molar-refractivity contribution in [2.75, 3.05) is 12.3 Å². The highest BCUT2D eigenvalue weighted by Crippen LogP contribution is 2.36. The van der Waals surface area contributed by atoms with Crippen LogP contribution in [0.15, 0.2) is 66.6 Å². The molecule has 1 saturated heterocycles. The molecule has 0 bridgehead atoms. The average molecular weight is 458 g/mol. The summed E-state index contributed by atoms with van der Waals surface area (Å²) in [6.45, 7) is 6.29. The number of aromatic nitrogens is 3. The molecule has 0 unspecified atom stereocenters. The number of hydrogen-bond acceptors (Lipinski definition) is 6. The first-order valence-corrected chi connectivity index (χ1v) is 11.2. The monoisotopic (exact) mass is 457 g/mol. The largest absolute Gasteiger partial charge is 0.382 e. The number of carbonyl (C=O) groups excluding carboxylic acids is 2. The van der Waals surface area contributed by atoms with Crippen molar-refractivity contribution in [3.8, 4) is 11.3 Å². The van der Waals surface area contributed by atoms with E-state index in [1.165, 1.54) is 12.4 Å². The van der Waals surface area contributed by atoms with Crippen LogP contribution >= 0.6 is 0 Å². The Balaban J connectivity index is 1.67. The number of nitrogens with two attached hydrogens (primary N) is 1. The van der Waals surface area contributed by atoms with Crippen molar-refractivity contribution in [2.24, 2.45) is 4.99 Å². The maximum atomic E-state index is 12.4. The molecule has 9 heteroatoms. The third-order valence-electron chi connectivity index (χ3n) is 5.74. The molecule has 3 heterocycles. The molecule has 0 aliphatic carbocycles. The number of nitrogen functional groups attached to an aromatic ring is 1. The Morgan fingerprint density at radius 3 is 2.85 bits per heavy atom. The lowest BCUT2D eigenvalue weighted by Crippen LogP contribution is -2.29. The van der Waals surface area contributed by atoms with Gasteiger partial charge in [0.05, 0.1) is 12.4 Å². The molecule has 2 aromatic heterocycles. The molecule has 1 aliphatic heterocycles. The Kier molecular flexibility index (Phi) is 6.82. The Morgan fingerprint density at radius 2 is 2.12 bits per heavy atom. The van der Waals surface area contributed by atoms with Gasteiger partial charge in [0.2, 0.25) is 5.91 Å². The van der Waals surface area contributed by atoms with E-state index in [4.69, 9.17) is 10.7 Å². The van der Waals surface area contributed by atoms with Gasteiger partial charge in [-0.15, -0.1) is 0 Å². The van der Waals surface area contributed by atoms with Crippen LogP contribution in [0.2, 0.25) is 0 Å². The third kappa shape index (κ3) is 4.45. The van der Waals surface area contributed by atoms with Crippen molar-refractivity contribution in [3.63, 3.8) is 0 Å². The number of rotatable bonds is 7. The van der Waals surface area contributed by atoms with Crippen LogP contribution in [0.1, 0.15) is 48.4 Å². The minimum Gasteiger partial charge on any atom is -0.382 e. The molecule has 3 aromatic rings. The number of anilines is 1. The number of amides is 2. The highest BCUT2D eigenvalue weighted by atomic mass is 16.2. The molecule has 2 amide bonds. The summed E-state index contributed by atoms with van der Waals surface area (Å²) in [4.78, 5) is 39.7. The lowest BCUT2D eigenvalue weighted by atomic mass is 10.1. The smallest absolute Gasteiger partial charge is 0.256 e. The van der Waals surface area contributed by atoms with Crippen molar-refractivity contribution in [1.82, 2.24) is 24.6 Å². The summed E-state index contributed by atoms with van der Waals surface area (Å²) in [5.41, 5.74) is 8.84. The lowest BCUT2D eigenvalue weighted by molar-refractivity contribution is -0.127. The van der Waals surface area contributed by atoms with Gasteiger partial charge in [-0.05, 0) is 37.5 Å². The number of nitrogens with zero attached hydrogens (tertiary/aromatic N) is 5. The zero-order valence-corrected chi connectivity index (χ0v) is 19.0. The van der Waals surface area contributed by atoms with Crippen molar-refractivity contribution in [3.05, 3.63) is 73.0 Å². The molecule has 0 spiro atoms. The quantitative estimate of drug-likeness (QED) is 0.320. The Morgan fingerprint density at radius 1 is 1.32 bits per heavy atom. The second kappa shape index (κ2) is 10.1. The Bertz CT molecular complexity index is 1270. The average Bonchev–Trinajstić information content (AvgIpc) is 3.49. The number of aliphatic imine (C=N–C) groups is 1. The molecular weight excluding hydrogens is 430 g/mol. The number of likely N-dealkylation sites (tertiary alicyclic amines) is 1. The van der Waals surface area contributed by atoms with Crippen molar-refractivity contribution in [2.45, 2.75) is 32.2 Å². The number of carbonyl (C=O) groups is 2. The van der Waals surface area contributed by atoms with E-state index in [0.29, 0.717) is 29.1 Å². The summed E-state index contributed by atoms with van der Waals surface area (Å²) in [5, 5.41) is 2.64. The molecule has 9 nitrogen and oxygen atoms in total. The highest BCUT2D eigenvalue weighted by molar-refractivity contribution is 6.01. The van der Waals surface area contributed by atoms with Gasteiger partial charge in [0.15, 0.2) is 0 Å². The van der Waals surface area contributed by atoms with Gasteiger partial charge in [0.1, 0.15) is 22.9 Å². The first-order valence-electron chi connectivity index (χ1n) is 11.2. The minimum atomic E-state index is -0.263. The summed E-state index contributed by atoms with van der Waals surface area (Å²) in [5.74, 6) is 0.687. The fourth-order valence-corrected chi connectivity index (χ4v) is 4.11. The molecule has 1 aliphatic rings. The standard InChI is InChI=1S/C25H27N7O2/c1-3-5-12-27-16-29-25(34)18-10-8-17(9-11-18)21-22-23(26)28-13-15-32(22)24(30-21)19-7-6-14-31(19)20(33)4-2/h4-5,8-13,15-16,19H,2-3,6-7,14H2,1H3,(H2,26,28)(H,27,29,34)/b12-5-/t19-/m0/s1. The van der Waals surface area contributed by atoms with Crippen LogP contribution in [-0.2, 0) is 4.79 Å². The predicted octanol–water partition coefficient (Wildman–Crippen LogP) is 3.51. The molecule has 1 atom stereocenters. The minimum absolute atomic E-state index is 0.119. The molecule has 1 fully saturated rings. The van der Waals surface area contributed by atoms with Crippen molar-refractivity contribution < 1.29 is 9.59 Å². The summed E-state index contributed by atoms with van der Waals surface area (Å²) < 4.78 is 1.90. The van der Waals surface area contributed by atoms with E-state index in [1.54, 1.807) is 35.6 Å². The SMILES string of the molecule is C=CC(=O)N1CCC[C@H]1c1nc(-c2ccc(C(=O)N/C=N/C=C\CC)cc2)c2c(N)nccn12. The summed E-state index contributed by atoms with van der Waals surface area (Å²) >= 11 is 0. The maximum absolute atomic E-state index is 12.4. The normalized spacial score (nSPS) is 16.0. The zero-order chi connectivity index (χ0) is 24.1. The maximum Gasteiger partial charge on any atom is 0.256 e. The van der Waals surface area contributed by atoms with Crippen LogP contribution in [0.4, 0.5) is 5.82 Å². The predicted molar refractivity (Wildman–Crippen MR) is 132 cm³/mol. The topological polar surface area (TPSA) is 118 Å². The molecule has 0 saturated carbocycles. The van der Waals surface area contributed by atoms with Gasteiger partial charge < -0.3 is 16.0 Å². The van der Waals surface area contributed by atoms with Crippen LogP contribution in [0.5, 0.6) is 0 Å². The molecule has 3 N–H and O–H groups in total. The molecule has 1 aromatic carbocycles. The van der Waals surface area contributed by atoms with E-state index < -0.39 is 0 Å². The second-order valence-corrected chi connectivity index (χ2v) is 7.87. The number of imidazole rings is 1. The van der Waals surface area contributed by atoms with Crippen LogP contribution in [-0.4, -0.2) is 44.0 Å². The van der Waals surface area contributed by atoms with Crippen LogP contribution in [0.25, 0.3) is 16.8 Å². The van der Waals surface area contributed by atoms with Crippen LogP contribution in [0.3, 0.4) is 0 Å².